The van der Waals surface area contributed by atoms with Crippen LogP contribution in [0.3, 0.4) is 0 Å². The first-order chi connectivity index (χ1) is 15.9. The van der Waals surface area contributed by atoms with Gasteiger partial charge in [0.1, 0.15) is 24.4 Å². The Morgan fingerprint density at radius 2 is 1.53 bits per heavy atom. The normalized spacial score (nSPS) is 39.5. The average Bonchev–Trinajstić information content (AvgIpc) is 2.98. The lowest BCUT2D eigenvalue weighted by molar-refractivity contribution is -0.198. The molecule has 0 radical (unpaired) electrons. The maximum absolute atomic E-state index is 12.7. The van der Waals surface area contributed by atoms with Crippen molar-refractivity contribution in [2.75, 3.05) is 0 Å². The number of hydrogen-bond acceptors (Lipinski definition) is 8. The molecule has 8 nitrogen and oxygen atoms in total. The van der Waals surface area contributed by atoms with Crippen molar-refractivity contribution in [2.45, 2.75) is 91.6 Å². The molecule has 0 aromatic heterocycles. The van der Waals surface area contributed by atoms with Crippen molar-refractivity contribution < 1.29 is 38.1 Å². The first-order valence-electron chi connectivity index (χ1n) is 11.9. The van der Waals surface area contributed by atoms with E-state index in [1.165, 1.54) is 20.8 Å². The lowest BCUT2D eigenvalue weighted by atomic mass is 9.55. The molecule has 0 spiro atoms. The number of fused-ring (bicyclic) bond motifs is 2. The summed E-state index contributed by atoms with van der Waals surface area (Å²) in [7, 11) is 0. The molecular formula is C26H36O8. The molecule has 0 bridgehead atoms. The fourth-order valence-corrected chi connectivity index (χ4v) is 6.16. The average molecular weight is 477 g/mol. The van der Waals surface area contributed by atoms with E-state index in [0.717, 1.165) is 11.1 Å². The Hall–Kier alpha value is -2.64. The third kappa shape index (κ3) is 4.91. The predicted molar refractivity (Wildman–Crippen MR) is 122 cm³/mol. The number of allylic oxidation sites excluding steroid dienone is 1. The minimum Gasteiger partial charge on any atom is -0.462 e. The summed E-state index contributed by atoms with van der Waals surface area (Å²) < 4.78 is 23.4. The molecule has 8 atom stereocenters. The van der Waals surface area contributed by atoms with E-state index in [2.05, 4.69) is 6.58 Å². The van der Waals surface area contributed by atoms with Crippen LogP contribution in [0, 0.1) is 23.2 Å². The van der Waals surface area contributed by atoms with Gasteiger partial charge < -0.3 is 18.9 Å². The quantitative estimate of drug-likeness (QED) is 0.345. The summed E-state index contributed by atoms with van der Waals surface area (Å²) in [6.45, 7) is 14.0. The van der Waals surface area contributed by atoms with Crippen molar-refractivity contribution >= 4 is 23.9 Å². The smallest absolute Gasteiger partial charge is 0.309 e. The van der Waals surface area contributed by atoms with Gasteiger partial charge in [-0.15, -0.1) is 0 Å². The van der Waals surface area contributed by atoms with Crippen molar-refractivity contribution in [3.05, 3.63) is 23.8 Å². The van der Waals surface area contributed by atoms with Gasteiger partial charge in [-0.25, -0.2) is 0 Å². The molecule has 188 valence electrons. The van der Waals surface area contributed by atoms with E-state index >= 15 is 0 Å². The zero-order valence-corrected chi connectivity index (χ0v) is 20.9. The third-order valence-corrected chi connectivity index (χ3v) is 7.68. The van der Waals surface area contributed by atoms with Crippen molar-refractivity contribution in [3.63, 3.8) is 0 Å². The first kappa shape index (κ1) is 26.0. The summed E-state index contributed by atoms with van der Waals surface area (Å²) in [5.41, 5.74) is 0.831. The fraction of sp³-hybridized carbons (Fsp3) is 0.692. The summed E-state index contributed by atoms with van der Waals surface area (Å²) in [5, 5.41) is 0. The molecule has 34 heavy (non-hydrogen) atoms. The molecule has 3 unspecified atom stereocenters. The van der Waals surface area contributed by atoms with Crippen molar-refractivity contribution in [1.82, 2.24) is 0 Å². The van der Waals surface area contributed by atoms with Gasteiger partial charge in [0.05, 0.1) is 17.3 Å². The van der Waals surface area contributed by atoms with Gasteiger partial charge in [0, 0.05) is 26.7 Å². The Labute approximate surface area is 201 Å². The first-order valence-corrected chi connectivity index (χ1v) is 11.9. The maximum Gasteiger partial charge on any atom is 0.309 e. The second-order valence-corrected chi connectivity index (χ2v) is 10.1. The van der Waals surface area contributed by atoms with E-state index in [9.17, 15) is 19.2 Å². The van der Waals surface area contributed by atoms with Crippen LogP contribution in [0.5, 0.6) is 0 Å². The highest BCUT2D eigenvalue weighted by molar-refractivity contribution is 5.75. The van der Waals surface area contributed by atoms with Crippen LogP contribution in [0.2, 0.25) is 0 Å². The van der Waals surface area contributed by atoms with Gasteiger partial charge in [-0.2, -0.15) is 0 Å². The molecule has 8 heteroatoms. The van der Waals surface area contributed by atoms with Crippen LogP contribution in [-0.4, -0.2) is 48.3 Å². The molecule has 1 aliphatic heterocycles. The lowest BCUT2D eigenvalue weighted by Crippen LogP contribution is -2.60. The Bertz CT molecular complexity index is 904. The SMILES string of the molecule is C=C1CCC(OC(C)=O)[C@@]2(C)[C@H]1[C@@H](OC(C)=O)C1C(C)C(=O)O[C@H]1/C=C(/C)CC[C@H]2OC(C)=O. The summed E-state index contributed by atoms with van der Waals surface area (Å²) in [4.78, 5) is 49.3. The van der Waals surface area contributed by atoms with Crippen LogP contribution in [0.1, 0.15) is 67.2 Å². The van der Waals surface area contributed by atoms with Crippen molar-refractivity contribution in [2.24, 2.45) is 23.2 Å². The molecule has 3 rings (SSSR count). The highest BCUT2D eigenvalue weighted by Gasteiger charge is 2.61. The zero-order chi connectivity index (χ0) is 25.4. The molecule has 2 fully saturated rings. The van der Waals surface area contributed by atoms with Crippen LogP contribution < -0.4 is 0 Å². The van der Waals surface area contributed by atoms with E-state index in [0.29, 0.717) is 25.7 Å². The number of carbonyl (C=O) groups is 4. The van der Waals surface area contributed by atoms with Crippen LogP contribution in [0.15, 0.2) is 23.8 Å². The summed E-state index contributed by atoms with van der Waals surface area (Å²) in [5.74, 6) is -3.28. The van der Waals surface area contributed by atoms with E-state index in [1.807, 2.05) is 19.9 Å². The van der Waals surface area contributed by atoms with Crippen molar-refractivity contribution in [1.29, 1.82) is 0 Å². The summed E-state index contributed by atoms with van der Waals surface area (Å²) in [6.07, 6.45) is 1.41. The maximum atomic E-state index is 12.7. The van der Waals surface area contributed by atoms with Crippen LogP contribution >= 0.6 is 0 Å². The zero-order valence-electron chi connectivity index (χ0n) is 20.9. The van der Waals surface area contributed by atoms with Crippen LogP contribution in [0.4, 0.5) is 0 Å². The topological polar surface area (TPSA) is 105 Å². The Morgan fingerprint density at radius 1 is 1.00 bits per heavy atom. The van der Waals surface area contributed by atoms with Gasteiger partial charge in [-0.3, -0.25) is 19.2 Å². The van der Waals surface area contributed by atoms with E-state index in [4.69, 9.17) is 18.9 Å². The molecule has 0 aromatic rings. The summed E-state index contributed by atoms with van der Waals surface area (Å²) >= 11 is 0. The Kier molecular flexibility index (Phi) is 7.58. The number of carbonyl (C=O) groups excluding carboxylic acids is 4. The predicted octanol–water partition coefficient (Wildman–Crippen LogP) is 3.67. The van der Waals surface area contributed by atoms with E-state index in [-0.39, 0.29) is 5.97 Å². The van der Waals surface area contributed by atoms with Gasteiger partial charge in [-0.05, 0) is 38.7 Å². The van der Waals surface area contributed by atoms with Crippen LogP contribution in [-0.2, 0) is 38.1 Å². The van der Waals surface area contributed by atoms with Crippen molar-refractivity contribution in [3.8, 4) is 0 Å². The van der Waals surface area contributed by atoms with Gasteiger partial charge in [0.2, 0.25) is 0 Å². The summed E-state index contributed by atoms with van der Waals surface area (Å²) in [6, 6.07) is 0. The Balaban J connectivity index is 2.26. The number of hydrogen-bond donors (Lipinski definition) is 0. The standard InChI is InChI=1S/C26H36O8/c1-13-8-10-20(31-16(4)27)26(7)21(32-17(5)28)11-9-14(2)23(26)24(33-18(6)29)22-15(3)25(30)34-19(22)12-13/h12,15,19-24H,2,8-11H2,1,3-7H3/b13-12-/t15?,19-,20+,21?,22?,23+,24-,26-/m0/s1. The molecular weight excluding hydrogens is 440 g/mol. The molecule has 0 aromatic carbocycles. The molecule has 2 aliphatic carbocycles. The molecule has 0 N–H and O–H groups in total. The molecule has 1 saturated heterocycles. The second kappa shape index (κ2) is 9.92. The van der Waals surface area contributed by atoms with Gasteiger partial charge in [0.25, 0.3) is 0 Å². The Morgan fingerprint density at radius 3 is 2.06 bits per heavy atom. The number of ether oxygens (including phenoxy) is 4. The van der Waals surface area contributed by atoms with Gasteiger partial charge >= 0.3 is 23.9 Å². The molecule has 0 amide bonds. The highest BCUT2D eigenvalue weighted by Crippen LogP contribution is 2.55. The third-order valence-electron chi connectivity index (χ3n) is 7.68. The van der Waals surface area contributed by atoms with Crippen LogP contribution in [0.25, 0.3) is 0 Å². The monoisotopic (exact) mass is 476 g/mol. The second-order valence-electron chi connectivity index (χ2n) is 10.1. The lowest BCUT2D eigenvalue weighted by Gasteiger charge is -2.54. The number of esters is 4. The van der Waals surface area contributed by atoms with E-state index in [1.54, 1.807) is 6.92 Å². The minimum atomic E-state index is -0.944. The molecule has 3 aliphatic rings. The minimum absolute atomic E-state index is 0.355. The van der Waals surface area contributed by atoms with Gasteiger partial charge in [0.15, 0.2) is 0 Å². The van der Waals surface area contributed by atoms with E-state index < -0.39 is 65.5 Å². The largest absolute Gasteiger partial charge is 0.462 e. The molecule has 1 saturated carbocycles. The number of rotatable bonds is 3. The highest BCUT2D eigenvalue weighted by atomic mass is 16.6. The van der Waals surface area contributed by atoms with Gasteiger partial charge in [-0.1, -0.05) is 31.6 Å². The molecule has 1 heterocycles. The fourth-order valence-electron chi connectivity index (χ4n) is 6.16.